The van der Waals surface area contributed by atoms with E-state index in [1.807, 2.05) is 45.0 Å². The van der Waals surface area contributed by atoms with Crippen molar-refractivity contribution in [2.24, 2.45) is 7.05 Å². The third kappa shape index (κ3) is 4.59. The topological polar surface area (TPSA) is 82.3 Å². The molecule has 1 amide bonds. The molecule has 1 atom stereocenters. The average Bonchev–Trinajstić information content (AvgIpc) is 2.55. The normalized spacial score (nSPS) is 12.0. The Morgan fingerprint density at radius 2 is 1.84 bits per heavy atom. The lowest BCUT2D eigenvalue weighted by atomic mass is 10.1. The Labute approximate surface area is 145 Å². The molecule has 1 aromatic carbocycles. The molecule has 0 fully saturated rings. The Balaban J connectivity index is 2.12. The minimum absolute atomic E-state index is 0.0215. The molecule has 25 heavy (non-hydrogen) atoms. The van der Waals surface area contributed by atoms with Crippen molar-refractivity contribution in [2.45, 2.75) is 39.5 Å². The second-order valence-electron chi connectivity index (χ2n) is 6.12. The van der Waals surface area contributed by atoms with E-state index in [0.717, 1.165) is 10.1 Å². The van der Waals surface area contributed by atoms with Crippen LogP contribution in [0.15, 0.2) is 46.1 Å². The Bertz CT molecular complexity index is 867. The first kappa shape index (κ1) is 18.5. The summed E-state index contributed by atoms with van der Waals surface area (Å²) in [5.41, 5.74) is -0.0778. The van der Waals surface area contributed by atoms with Gasteiger partial charge in [0.2, 0.25) is 5.91 Å². The van der Waals surface area contributed by atoms with Gasteiger partial charge in [-0.2, -0.15) is 0 Å². The average molecular weight is 345 g/mol. The van der Waals surface area contributed by atoms with Gasteiger partial charge in [0.1, 0.15) is 12.3 Å². The first-order valence-corrected chi connectivity index (χ1v) is 8.11. The largest absolute Gasteiger partial charge is 0.491 e. The SMILES string of the molecule is CC(C)Oc1ccccc1[C@H](C)NC(=O)Cn1ccc(=O)n(C)c1=O. The van der Waals surface area contributed by atoms with Crippen molar-refractivity contribution in [3.05, 3.63) is 62.9 Å². The number of hydrogen-bond acceptors (Lipinski definition) is 4. The molecule has 0 saturated carbocycles. The summed E-state index contributed by atoms with van der Waals surface area (Å²) in [6.07, 6.45) is 1.35. The van der Waals surface area contributed by atoms with Crippen LogP contribution in [0.25, 0.3) is 0 Å². The quantitative estimate of drug-likeness (QED) is 0.853. The van der Waals surface area contributed by atoms with E-state index in [4.69, 9.17) is 4.74 Å². The molecule has 7 nitrogen and oxygen atoms in total. The fraction of sp³-hybridized carbons (Fsp3) is 0.389. The molecule has 0 spiro atoms. The van der Waals surface area contributed by atoms with Gasteiger partial charge in [0.15, 0.2) is 0 Å². The van der Waals surface area contributed by atoms with Crippen molar-refractivity contribution in [3.8, 4) is 5.75 Å². The molecule has 0 aliphatic heterocycles. The van der Waals surface area contributed by atoms with Gasteiger partial charge in [-0.1, -0.05) is 18.2 Å². The fourth-order valence-corrected chi connectivity index (χ4v) is 2.46. The van der Waals surface area contributed by atoms with Gasteiger partial charge in [0.25, 0.3) is 5.56 Å². The molecule has 1 heterocycles. The molecular formula is C18H23N3O4. The van der Waals surface area contributed by atoms with Crippen LogP contribution in [0.1, 0.15) is 32.4 Å². The summed E-state index contributed by atoms with van der Waals surface area (Å²) < 4.78 is 7.92. The van der Waals surface area contributed by atoms with Gasteiger partial charge >= 0.3 is 5.69 Å². The molecule has 0 aliphatic carbocycles. The Morgan fingerprint density at radius 1 is 1.16 bits per heavy atom. The van der Waals surface area contributed by atoms with Crippen molar-refractivity contribution in [1.82, 2.24) is 14.5 Å². The zero-order valence-electron chi connectivity index (χ0n) is 14.9. The third-order valence-corrected chi connectivity index (χ3v) is 3.70. The van der Waals surface area contributed by atoms with E-state index in [1.165, 1.54) is 23.9 Å². The second kappa shape index (κ2) is 7.83. The van der Waals surface area contributed by atoms with Crippen molar-refractivity contribution < 1.29 is 9.53 Å². The number of benzene rings is 1. The Hall–Kier alpha value is -2.83. The highest BCUT2D eigenvalue weighted by Crippen LogP contribution is 2.25. The highest BCUT2D eigenvalue weighted by Gasteiger charge is 2.15. The maximum atomic E-state index is 12.3. The fourth-order valence-electron chi connectivity index (χ4n) is 2.46. The van der Waals surface area contributed by atoms with Crippen molar-refractivity contribution in [2.75, 3.05) is 0 Å². The van der Waals surface area contributed by atoms with E-state index in [9.17, 15) is 14.4 Å². The molecule has 7 heteroatoms. The lowest BCUT2D eigenvalue weighted by molar-refractivity contribution is -0.122. The van der Waals surface area contributed by atoms with Crippen LogP contribution in [0, 0.1) is 0 Å². The number of ether oxygens (including phenoxy) is 1. The van der Waals surface area contributed by atoms with Gasteiger partial charge in [-0.05, 0) is 26.8 Å². The molecular weight excluding hydrogens is 322 g/mol. The molecule has 0 radical (unpaired) electrons. The van der Waals surface area contributed by atoms with E-state index < -0.39 is 11.2 Å². The van der Waals surface area contributed by atoms with Crippen LogP contribution in [0.3, 0.4) is 0 Å². The van der Waals surface area contributed by atoms with Crippen LogP contribution in [0.5, 0.6) is 5.75 Å². The van der Waals surface area contributed by atoms with Crippen molar-refractivity contribution in [1.29, 1.82) is 0 Å². The molecule has 1 N–H and O–H groups in total. The Kier molecular flexibility index (Phi) is 5.80. The number of amides is 1. The molecule has 2 aromatic rings. The number of carbonyl (C=O) groups is 1. The zero-order chi connectivity index (χ0) is 18.6. The van der Waals surface area contributed by atoms with Gasteiger partial charge in [0, 0.05) is 24.9 Å². The summed E-state index contributed by atoms with van der Waals surface area (Å²) >= 11 is 0. The van der Waals surface area contributed by atoms with Gasteiger partial charge < -0.3 is 10.1 Å². The summed E-state index contributed by atoms with van der Waals surface area (Å²) in [6.45, 7) is 5.56. The lowest BCUT2D eigenvalue weighted by Gasteiger charge is -2.20. The minimum Gasteiger partial charge on any atom is -0.491 e. The molecule has 2 rings (SSSR count). The first-order chi connectivity index (χ1) is 11.8. The van der Waals surface area contributed by atoms with E-state index in [0.29, 0.717) is 5.75 Å². The molecule has 0 saturated heterocycles. The maximum Gasteiger partial charge on any atom is 0.331 e. The number of para-hydroxylation sites is 1. The maximum absolute atomic E-state index is 12.3. The van der Waals surface area contributed by atoms with Gasteiger partial charge in [-0.3, -0.25) is 18.7 Å². The highest BCUT2D eigenvalue weighted by atomic mass is 16.5. The van der Waals surface area contributed by atoms with Crippen molar-refractivity contribution >= 4 is 5.91 Å². The molecule has 1 aromatic heterocycles. The van der Waals surface area contributed by atoms with E-state index in [2.05, 4.69) is 5.32 Å². The summed E-state index contributed by atoms with van der Waals surface area (Å²) in [5.74, 6) is 0.386. The number of nitrogens with one attached hydrogen (secondary N) is 1. The van der Waals surface area contributed by atoms with Gasteiger partial charge in [-0.15, -0.1) is 0 Å². The smallest absolute Gasteiger partial charge is 0.331 e. The summed E-state index contributed by atoms with van der Waals surface area (Å²) in [4.78, 5) is 35.7. The predicted molar refractivity (Wildman–Crippen MR) is 94.7 cm³/mol. The summed E-state index contributed by atoms with van der Waals surface area (Å²) in [7, 11) is 1.38. The Morgan fingerprint density at radius 3 is 2.52 bits per heavy atom. The zero-order valence-corrected chi connectivity index (χ0v) is 14.9. The monoisotopic (exact) mass is 345 g/mol. The number of hydrogen-bond donors (Lipinski definition) is 1. The molecule has 0 bridgehead atoms. The third-order valence-electron chi connectivity index (χ3n) is 3.70. The van der Waals surface area contributed by atoms with E-state index in [-0.39, 0.29) is 24.6 Å². The number of rotatable bonds is 6. The van der Waals surface area contributed by atoms with E-state index >= 15 is 0 Å². The second-order valence-corrected chi connectivity index (χ2v) is 6.12. The first-order valence-electron chi connectivity index (χ1n) is 8.11. The van der Waals surface area contributed by atoms with Gasteiger partial charge in [-0.25, -0.2) is 4.79 Å². The van der Waals surface area contributed by atoms with Crippen LogP contribution in [-0.4, -0.2) is 21.1 Å². The van der Waals surface area contributed by atoms with Crippen molar-refractivity contribution in [3.63, 3.8) is 0 Å². The lowest BCUT2D eigenvalue weighted by Crippen LogP contribution is -2.40. The number of nitrogens with zero attached hydrogens (tertiary/aromatic N) is 2. The molecule has 0 aliphatic rings. The summed E-state index contributed by atoms with van der Waals surface area (Å²) in [6, 6.07) is 8.47. The van der Waals surface area contributed by atoms with Crippen LogP contribution in [-0.2, 0) is 18.4 Å². The standard InChI is InChI=1S/C18H23N3O4/c1-12(2)25-15-8-6-5-7-14(15)13(3)19-16(22)11-21-10-9-17(23)20(4)18(21)24/h5-10,12-13H,11H2,1-4H3,(H,19,22)/t13-/m0/s1. The van der Waals surface area contributed by atoms with Crippen LogP contribution >= 0.6 is 0 Å². The van der Waals surface area contributed by atoms with Crippen LogP contribution in [0.2, 0.25) is 0 Å². The predicted octanol–water partition coefficient (Wildman–Crippen LogP) is 1.21. The molecule has 0 unspecified atom stereocenters. The summed E-state index contributed by atoms with van der Waals surface area (Å²) in [5, 5.41) is 2.85. The highest BCUT2D eigenvalue weighted by molar-refractivity contribution is 5.76. The van der Waals surface area contributed by atoms with E-state index in [1.54, 1.807) is 0 Å². The van der Waals surface area contributed by atoms with Gasteiger partial charge in [0.05, 0.1) is 12.1 Å². The number of aromatic nitrogens is 2. The number of carbonyl (C=O) groups excluding carboxylic acids is 1. The molecule has 134 valence electrons. The minimum atomic E-state index is -0.529. The van der Waals surface area contributed by atoms with Crippen LogP contribution in [0.4, 0.5) is 0 Å². The van der Waals surface area contributed by atoms with Crippen LogP contribution < -0.4 is 21.3 Å².